The Hall–Kier alpha value is -2.48. The first kappa shape index (κ1) is 13.5. The summed E-state index contributed by atoms with van der Waals surface area (Å²) < 4.78 is 10.6. The molecule has 21 heavy (non-hydrogen) atoms. The highest BCUT2D eigenvalue weighted by Crippen LogP contribution is 2.31. The molecule has 0 saturated heterocycles. The third-order valence-corrected chi connectivity index (χ3v) is 3.49. The second-order valence-corrected chi connectivity index (χ2v) is 5.01. The van der Waals surface area contributed by atoms with Gasteiger partial charge in [0.1, 0.15) is 23.5 Å². The van der Waals surface area contributed by atoms with Crippen LogP contribution in [-0.2, 0) is 4.74 Å². The molecule has 0 unspecified atom stereocenters. The van der Waals surface area contributed by atoms with Crippen LogP contribution in [0.15, 0.2) is 22.3 Å². The molecule has 0 bridgehead atoms. The average Bonchev–Trinajstić information content (AvgIpc) is 3.06. The molecule has 3 aromatic rings. The third kappa shape index (κ3) is 2.45. The van der Waals surface area contributed by atoms with E-state index >= 15 is 0 Å². The molecule has 0 atom stereocenters. The largest absolute Gasteiger partial charge is 0.462 e. The van der Waals surface area contributed by atoms with Gasteiger partial charge < -0.3 is 14.5 Å². The summed E-state index contributed by atoms with van der Waals surface area (Å²) in [6, 6.07) is 0. The molecule has 0 spiro atoms. The predicted octanol–water partition coefficient (Wildman–Crippen LogP) is 2.91. The summed E-state index contributed by atoms with van der Waals surface area (Å²) in [5.74, 6) is 0.465. The minimum atomic E-state index is -0.453. The molecular formula is C13H12N4O3S. The van der Waals surface area contributed by atoms with Crippen molar-refractivity contribution in [3.8, 4) is 0 Å². The maximum Gasteiger partial charge on any atom is 0.342 e. The SMILES string of the molecule is CCOC(=O)c1c(C)oc2ncnc(Nc3nccs3)c12. The number of furan rings is 1. The highest BCUT2D eigenvalue weighted by Gasteiger charge is 2.23. The summed E-state index contributed by atoms with van der Waals surface area (Å²) in [5.41, 5.74) is 0.677. The van der Waals surface area contributed by atoms with Crippen LogP contribution in [0, 0.1) is 6.92 Å². The Bertz CT molecular complexity index is 782. The molecule has 0 aliphatic rings. The van der Waals surface area contributed by atoms with E-state index in [0.29, 0.717) is 33.4 Å². The zero-order valence-electron chi connectivity index (χ0n) is 11.4. The van der Waals surface area contributed by atoms with Crippen molar-refractivity contribution in [2.45, 2.75) is 13.8 Å². The molecule has 0 amide bonds. The highest BCUT2D eigenvalue weighted by atomic mass is 32.1. The monoisotopic (exact) mass is 304 g/mol. The van der Waals surface area contributed by atoms with Crippen molar-refractivity contribution in [2.75, 3.05) is 11.9 Å². The number of carbonyl (C=O) groups is 1. The number of ether oxygens (including phenoxy) is 1. The van der Waals surface area contributed by atoms with Crippen LogP contribution < -0.4 is 5.32 Å². The second-order valence-electron chi connectivity index (χ2n) is 4.12. The summed E-state index contributed by atoms with van der Waals surface area (Å²) in [6.07, 6.45) is 3.05. The lowest BCUT2D eigenvalue weighted by Crippen LogP contribution is -2.06. The van der Waals surface area contributed by atoms with Gasteiger partial charge in [0.05, 0.1) is 12.0 Å². The molecular weight excluding hydrogens is 292 g/mol. The second kappa shape index (κ2) is 5.49. The van der Waals surface area contributed by atoms with Crippen molar-refractivity contribution in [2.24, 2.45) is 0 Å². The number of nitrogens with one attached hydrogen (secondary N) is 1. The van der Waals surface area contributed by atoms with Gasteiger partial charge in [0.25, 0.3) is 0 Å². The van der Waals surface area contributed by atoms with E-state index < -0.39 is 5.97 Å². The Morgan fingerprint density at radius 1 is 1.43 bits per heavy atom. The van der Waals surface area contributed by atoms with Gasteiger partial charge in [-0.2, -0.15) is 0 Å². The fraction of sp³-hybridized carbons (Fsp3) is 0.231. The number of esters is 1. The summed E-state index contributed by atoms with van der Waals surface area (Å²) in [7, 11) is 0. The van der Waals surface area contributed by atoms with Crippen molar-refractivity contribution in [1.29, 1.82) is 0 Å². The molecule has 0 aromatic carbocycles. The number of aryl methyl sites for hydroxylation is 1. The Kier molecular flexibility index (Phi) is 3.53. The highest BCUT2D eigenvalue weighted by molar-refractivity contribution is 7.13. The number of aromatic nitrogens is 3. The smallest absolute Gasteiger partial charge is 0.342 e. The minimum absolute atomic E-state index is 0.286. The Labute approximate surface area is 124 Å². The molecule has 0 fully saturated rings. The number of thiazole rings is 1. The van der Waals surface area contributed by atoms with Crippen molar-refractivity contribution >= 4 is 39.4 Å². The van der Waals surface area contributed by atoms with Crippen molar-refractivity contribution in [3.05, 3.63) is 29.2 Å². The van der Waals surface area contributed by atoms with Crippen LogP contribution in [0.2, 0.25) is 0 Å². The van der Waals surface area contributed by atoms with Crippen LogP contribution in [-0.4, -0.2) is 27.5 Å². The molecule has 3 rings (SSSR count). The molecule has 3 aromatic heterocycles. The number of rotatable bonds is 4. The standard InChI is InChI=1S/C13H12N4O3S/c1-3-19-12(18)8-7(2)20-11-9(8)10(15-6-16-11)17-13-14-4-5-21-13/h4-6H,3H2,1-2H3,(H,14,15,16,17). The average molecular weight is 304 g/mol. The van der Waals surface area contributed by atoms with Crippen LogP contribution >= 0.6 is 11.3 Å². The van der Waals surface area contributed by atoms with Crippen LogP contribution in [0.5, 0.6) is 0 Å². The van der Waals surface area contributed by atoms with E-state index in [0.717, 1.165) is 0 Å². The topological polar surface area (TPSA) is 90.1 Å². The van der Waals surface area contributed by atoms with Crippen molar-refractivity contribution in [3.63, 3.8) is 0 Å². The van der Waals surface area contributed by atoms with Gasteiger partial charge in [0, 0.05) is 11.6 Å². The Morgan fingerprint density at radius 3 is 3.00 bits per heavy atom. The molecule has 8 heteroatoms. The van der Waals surface area contributed by atoms with E-state index in [-0.39, 0.29) is 6.61 Å². The van der Waals surface area contributed by atoms with Gasteiger partial charge in [-0.15, -0.1) is 11.3 Å². The van der Waals surface area contributed by atoms with Gasteiger partial charge in [-0.25, -0.2) is 19.7 Å². The minimum Gasteiger partial charge on any atom is -0.462 e. The lowest BCUT2D eigenvalue weighted by molar-refractivity contribution is 0.0526. The number of hydrogen-bond acceptors (Lipinski definition) is 8. The van der Waals surface area contributed by atoms with E-state index in [1.54, 1.807) is 20.0 Å². The zero-order chi connectivity index (χ0) is 14.8. The van der Waals surface area contributed by atoms with Gasteiger partial charge in [0.15, 0.2) is 5.13 Å². The lowest BCUT2D eigenvalue weighted by Gasteiger charge is -2.04. The third-order valence-electron chi connectivity index (χ3n) is 2.80. The molecule has 0 aliphatic carbocycles. The first-order chi connectivity index (χ1) is 10.2. The van der Waals surface area contributed by atoms with Gasteiger partial charge in [-0.3, -0.25) is 0 Å². The van der Waals surface area contributed by atoms with E-state index in [4.69, 9.17) is 9.15 Å². The van der Waals surface area contributed by atoms with Crippen LogP contribution in [0.3, 0.4) is 0 Å². The fourth-order valence-electron chi connectivity index (χ4n) is 1.97. The zero-order valence-corrected chi connectivity index (χ0v) is 12.2. The molecule has 0 aliphatic heterocycles. The molecule has 1 N–H and O–H groups in total. The Morgan fingerprint density at radius 2 is 2.29 bits per heavy atom. The number of hydrogen-bond donors (Lipinski definition) is 1. The number of fused-ring (bicyclic) bond motifs is 1. The normalized spacial score (nSPS) is 10.8. The molecule has 0 radical (unpaired) electrons. The molecule has 7 nitrogen and oxygen atoms in total. The number of carbonyl (C=O) groups excluding carboxylic acids is 1. The first-order valence-corrected chi connectivity index (χ1v) is 7.16. The summed E-state index contributed by atoms with van der Waals surface area (Å²) >= 11 is 1.43. The van der Waals surface area contributed by atoms with E-state index in [1.807, 2.05) is 5.38 Å². The van der Waals surface area contributed by atoms with E-state index in [1.165, 1.54) is 17.7 Å². The van der Waals surface area contributed by atoms with Crippen LogP contribution in [0.1, 0.15) is 23.0 Å². The quantitative estimate of drug-likeness (QED) is 0.741. The maximum atomic E-state index is 12.1. The van der Waals surface area contributed by atoms with E-state index in [2.05, 4.69) is 20.3 Å². The molecule has 108 valence electrons. The molecule has 0 saturated carbocycles. The van der Waals surface area contributed by atoms with Crippen molar-refractivity contribution < 1.29 is 13.9 Å². The van der Waals surface area contributed by atoms with Gasteiger partial charge in [-0.05, 0) is 13.8 Å². The summed E-state index contributed by atoms with van der Waals surface area (Å²) in [6.45, 7) is 3.73. The van der Waals surface area contributed by atoms with Gasteiger partial charge in [0.2, 0.25) is 5.71 Å². The van der Waals surface area contributed by atoms with Crippen LogP contribution in [0.4, 0.5) is 10.9 Å². The lowest BCUT2D eigenvalue weighted by atomic mass is 10.2. The fourth-order valence-corrected chi connectivity index (χ4v) is 2.50. The Balaban J connectivity index is 2.14. The molecule has 3 heterocycles. The first-order valence-electron chi connectivity index (χ1n) is 6.28. The number of nitrogens with zero attached hydrogens (tertiary/aromatic N) is 3. The van der Waals surface area contributed by atoms with Gasteiger partial charge >= 0.3 is 5.97 Å². The predicted molar refractivity (Wildman–Crippen MR) is 77.9 cm³/mol. The van der Waals surface area contributed by atoms with E-state index in [9.17, 15) is 4.79 Å². The van der Waals surface area contributed by atoms with Crippen LogP contribution in [0.25, 0.3) is 11.1 Å². The number of anilines is 2. The summed E-state index contributed by atoms with van der Waals surface area (Å²) in [4.78, 5) is 24.5. The van der Waals surface area contributed by atoms with Gasteiger partial charge in [-0.1, -0.05) is 0 Å². The van der Waals surface area contributed by atoms with Crippen molar-refractivity contribution in [1.82, 2.24) is 15.0 Å². The maximum absolute atomic E-state index is 12.1. The summed E-state index contributed by atoms with van der Waals surface area (Å²) in [5, 5.41) is 6.08.